The second-order valence-corrected chi connectivity index (χ2v) is 6.08. The van der Waals surface area contributed by atoms with Crippen molar-refractivity contribution in [1.29, 1.82) is 0 Å². The number of halogens is 1. The lowest BCUT2D eigenvalue weighted by atomic mass is 10.0. The number of thioether (sulfide) groups is 1. The van der Waals surface area contributed by atoms with Crippen LogP contribution in [-0.4, -0.2) is 10.1 Å². The van der Waals surface area contributed by atoms with Crippen LogP contribution >= 0.6 is 11.8 Å². The molecule has 108 valence electrons. The van der Waals surface area contributed by atoms with Gasteiger partial charge in [-0.25, -0.2) is 4.39 Å². The molecular weight excluding hydrogens is 277 g/mol. The van der Waals surface area contributed by atoms with Gasteiger partial charge in [-0.2, -0.15) is 4.98 Å². The fourth-order valence-electron chi connectivity index (χ4n) is 1.79. The van der Waals surface area contributed by atoms with Gasteiger partial charge < -0.3 is 10.3 Å². The van der Waals surface area contributed by atoms with Crippen molar-refractivity contribution in [2.75, 3.05) is 0 Å². The van der Waals surface area contributed by atoms with Gasteiger partial charge in [-0.15, -0.1) is 11.8 Å². The molecule has 2 aromatic rings. The highest BCUT2D eigenvalue weighted by molar-refractivity contribution is 7.98. The van der Waals surface area contributed by atoms with Crippen molar-refractivity contribution in [1.82, 2.24) is 10.1 Å². The zero-order chi connectivity index (χ0) is 14.5. The summed E-state index contributed by atoms with van der Waals surface area (Å²) in [4.78, 5) is 5.12. The minimum absolute atomic E-state index is 0.226. The second-order valence-electron chi connectivity index (χ2n) is 5.03. The SMILES string of the molecule is CC(C)C[C@@H](N)c1nc(CSc2cccc(F)c2)no1. The lowest BCUT2D eigenvalue weighted by Crippen LogP contribution is -2.13. The highest BCUT2D eigenvalue weighted by Crippen LogP contribution is 2.23. The molecule has 0 aliphatic carbocycles. The standard InChI is InChI=1S/C14H18FN3OS/c1-9(2)6-12(16)14-17-13(18-19-14)8-20-11-5-3-4-10(15)7-11/h3-5,7,9,12H,6,8,16H2,1-2H3/t12-/m1/s1. The highest BCUT2D eigenvalue weighted by atomic mass is 32.2. The third-order valence-corrected chi connectivity index (χ3v) is 3.68. The molecule has 2 N–H and O–H groups in total. The van der Waals surface area contributed by atoms with Crippen LogP contribution in [0.15, 0.2) is 33.7 Å². The van der Waals surface area contributed by atoms with E-state index in [9.17, 15) is 4.39 Å². The molecule has 6 heteroatoms. The molecule has 1 aromatic heterocycles. The van der Waals surface area contributed by atoms with Crippen LogP contribution in [0.2, 0.25) is 0 Å². The van der Waals surface area contributed by atoms with Gasteiger partial charge in [0.2, 0.25) is 5.89 Å². The fraction of sp³-hybridized carbons (Fsp3) is 0.429. The first-order valence-corrected chi connectivity index (χ1v) is 7.49. The molecule has 0 bridgehead atoms. The van der Waals surface area contributed by atoms with Crippen molar-refractivity contribution in [2.24, 2.45) is 11.7 Å². The Hall–Kier alpha value is -1.40. The summed E-state index contributed by atoms with van der Waals surface area (Å²) in [5.41, 5.74) is 5.98. The minimum atomic E-state index is -0.247. The molecule has 0 saturated heterocycles. The van der Waals surface area contributed by atoms with Gasteiger partial charge in [0.15, 0.2) is 5.82 Å². The number of hydrogen-bond donors (Lipinski definition) is 1. The van der Waals surface area contributed by atoms with Gasteiger partial charge >= 0.3 is 0 Å². The van der Waals surface area contributed by atoms with E-state index in [1.54, 1.807) is 6.07 Å². The summed E-state index contributed by atoms with van der Waals surface area (Å²) in [6.45, 7) is 4.19. The predicted molar refractivity (Wildman–Crippen MR) is 76.6 cm³/mol. The fourth-order valence-corrected chi connectivity index (χ4v) is 2.57. The Morgan fingerprint density at radius 1 is 1.40 bits per heavy atom. The molecular formula is C14H18FN3OS. The first-order chi connectivity index (χ1) is 9.54. The average Bonchev–Trinajstić information content (AvgIpc) is 2.84. The molecule has 0 unspecified atom stereocenters. The maximum absolute atomic E-state index is 13.0. The Balaban J connectivity index is 1.93. The summed E-state index contributed by atoms with van der Waals surface area (Å²) in [6.07, 6.45) is 0.804. The normalized spacial score (nSPS) is 12.8. The number of hydrogen-bond acceptors (Lipinski definition) is 5. The summed E-state index contributed by atoms with van der Waals surface area (Å²) in [6, 6.07) is 6.20. The van der Waals surface area contributed by atoms with Crippen LogP contribution in [0.4, 0.5) is 4.39 Å². The van der Waals surface area contributed by atoms with Gasteiger partial charge in [0, 0.05) is 4.90 Å². The molecule has 1 aromatic carbocycles. The molecule has 1 heterocycles. The van der Waals surface area contributed by atoms with E-state index in [0.29, 0.717) is 23.4 Å². The Kier molecular flexibility index (Phi) is 5.14. The van der Waals surface area contributed by atoms with Crippen molar-refractivity contribution < 1.29 is 8.91 Å². The zero-order valence-corrected chi connectivity index (χ0v) is 12.4. The van der Waals surface area contributed by atoms with E-state index >= 15 is 0 Å². The van der Waals surface area contributed by atoms with Crippen LogP contribution in [0.5, 0.6) is 0 Å². The number of benzene rings is 1. The summed E-state index contributed by atoms with van der Waals surface area (Å²) < 4.78 is 18.2. The molecule has 20 heavy (non-hydrogen) atoms. The molecule has 0 amide bonds. The quantitative estimate of drug-likeness (QED) is 0.826. The summed E-state index contributed by atoms with van der Waals surface area (Å²) >= 11 is 1.46. The summed E-state index contributed by atoms with van der Waals surface area (Å²) in [5, 5.41) is 3.90. The van der Waals surface area contributed by atoms with Crippen LogP contribution in [0.1, 0.15) is 38.0 Å². The van der Waals surface area contributed by atoms with Gasteiger partial charge in [-0.3, -0.25) is 0 Å². The number of aromatic nitrogens is 2. The molecule has 0 radical (unpaired) electrons. The molecule has 4 nitrogen and oxygen atoms in total. The Labute approximate surface area is 121 Å². The van der Waals surface area contributed by atoms with Gasteiger partial charge in [0.25, 0.3) is 0 Å². The minimum Gasteiger partial charge on any atom is -0.338 e. The van der Waals surface area contributed by atoms with E-state index in [4.69, 9.17) is 10.3 Å². The van der Waals surface area contributed by atoms with Crippen LogP contribution < -0.4 is 5.73 Å². The highest BCUT2D eigenvalue weighted by Gasteiger charge is 2.16. The van der Waals surface area contributed by atoms with Crippen molar-refractivity contribution in [3.63, 3.8) is 0 Å². The molecule has 0 saturated carbocycles. The van der Waals surface area contributed by atoms with Crippen molar-refractivity contribution >= 4 is 11.8 Å². The third-order valence-electron chi connectivity index (χ3n) is 2.69. The van der Waals surface area contributed by atoms with Gasteiger partial charge in [-0.05, 0) is 30.5 Å². The van der Waals surface area contributed by atoms with Crippen molar-refractivity contribution in [3.8, 4) is 0 Å². The molecule has 0 spiro atoms. The lowest BCUT2D eigenvalue weighted by Gasteiger charge is -2.08. The van der Waals surface area contributed by atoms with Gasteiger partial charge in [-0.1, -0.05) is 25.1 Å². The van der Waals surface area contributed by atoms with E-state index in [1.165, 1.54) is 23.9 Å². The molecule has 0 fully saturated rings. The van der Waals surface area contributed by atoms with Gasteiger partial charge in [0.05, 0.1) is 11.8 Å². The molecule has 0 aliphatic heterocycles. The largest absolute Gasteiger partial charge is 0.338 e. The zero-order valence-electron chi connectivity index (χ0n) is 11.5. The van der Waals surface area contributed by atoms with Crippen LogP contribution in [0, 0.1) is 11.7 Å². The topological polar surface area (TPSA) is 64.9 Å². The maximum atomic E-state index is 13.0. The first kappa shape index (κ1) is 15.0. The van der Waals surface area contributed by atoms with E-state index in [-0.39, 0.29) is 11.9 Å². The predicted octanol–water partition coefficient (Wildman–Crippen LogP) is 3.55. The second kappa shape index (κ2) is 6.85. The van der Waals surface area contributed by atoms with Crippen LogP contribution in [0.3, 0.4) is 0 Å². The van der Waals surface area contributed by atoms with Crippen LogP contribution in [-0.2, 0) is 5.75 Å². The lowest BCUT2D eigenvalue weighted by molar-refractivity contribution is 0.333. The smallest absolute Gasteiger partial charge is 0.243 e. The van der Waals surface area contributed by atoms with Crippen molar-refractivity contribution in [3.05, 3.63) is 41.8 Å². The van der Waals surface area contributed by atoms with Crippen molar-refractivity contribution in [2.45, 2.75) is 37.0 Å². The average molecular weight is 295 g/mol. The number of nitrogens with zero attached hydrogens (tertiary/aromatic N) is 2. The Bertz CT molecular complexity index is 559. The maximum Gasteiger partial charge on any atom is 0.243 e. The van der Waals surface area contributed by atoms with E-state index in [1.807, 2.05) is 6.07 Å². The van der Waals surface area contributed by atoms with Crippen LogP contribution in [0.25, 0.3) is 0 Å². The van der Waals surface area contributed by atoms with E-state index in [2.05, 4.69) is 24.0 Å². The van der Waals surface area contributed by atoms with E-state index < -0.39 is 0 Å². The van der Waals surface area contributed by atoms with Gasteiger partial charge in [0.1, 0.15) is 5.82 Å². The summed E-state index contributed by atoms with van der Waals surface area (Å²) in [7, 11) is 0. The Morgan fingerprint density at radius 2 is 2.20 bits per heavy atom. The number of rotatable bonds is 6. The third kappa shape index (κ3) is 4.31. The molecule has 2 rings (SSSR count). The molecule has 0 aliphatic rings. The monoisotopic (exact) mass is 295 g/mol. The first-order valence-electron chi connectivity index (χ1n) is 6.51. The number of nitrogens with two attached hydrogens (primary N) is 1. The van der Waals surface area contributed by atoms with E-state index in [0.717, 1.165) is 11.3 Å². The molecule has 1 atom stereocenters. The Morgan fingerprint density at radius 3 is 2.90 bits per heavy atom. The summed E-state index contributed by atoms with van der Waals surface area (Å²) in [5.74, 6) is 1.80.